The summed E-state index contributed by atoms with van der Waals surface area (Å²) in [6, 6.07) is 17.0. The molecule has 0 bridgehead atoms. The van der Waals surface area contributed by atoms with Crippen LogP contribution in [0.5, 0.6) is 0 Å². The molecule has 3 aromatic rings. The summed E-state index contributed by atoms with van der Waals surface area (Å²) in [5.74, 6) is -0.508. The molecule has 2 amide bonds. The summed E-state index contributed by atoms with van der Waals surface area (Å²) < 4.78 is 0. The van der Waals surface area contributed by atoms with Gasteiger partial charge in [-0.25, -0.2) is 4.98 Å². The van der Waals surface area contributed by atoms with Crippen LogP contribution in [-0.2, 0) is 4.79 Å². The number of carbonyl (C=O) groups excluding carboxylic acids is 2. The standard InChI is InChI=1S/C20H15N3O2S/c1-13-15-9-5-6-10-16(15)19(25)23(13)11-18(24)22-20-21-17(12-26-20)14-7-3-2-4-8-14/h2-10,12H,1,11H2,(H,21,22,24). The Balaban J connectivity index is 1.45. The quantitative estimate of drug-likeness (QED) is 0.767. The van der Waals surface area contributed by atoms with E-state index in [4.69, 9.17) is 0 Å². The minimum Gasteiger partial charge on any atom is -0.300 e. The molecule has 2 aromatic carbocycles. The molecule has 5 nitrogen and oxygen atoms in total. The van der Waals surface area contributed by atoms with Crippen LogP contribution in [0.4, 0.5) is 5.13 Å². The van der Waals surface area contributed by atoms with Crippen LogP contribution >= 0.6 is 11.3 Å². The highest BCUT2D eigenvalue weighted by Crippen LogP contribution is 2.31. The van der Waals surface area contributed by atoms with Crippen molar-refractivity contribution in [3.8, 4) is 11.3 Å². The molecule has 0 radical (unpaired) electrons. The highest BCUT2D eigenvalue weighted by Gasteiger charge is 2.31. The number of hydrogen-bond donors (Lipinski definition) is 1. The lowest BCUT2D eigenvalue weighted by Crippen LogP contribution is -2.32. The fourth-order valence-corrected chi connectivity index (χ4v) is 3.61. The van der Waals surface area contributed by atoms with Crippen LogP contribution in [0.3, 0.4) is 0 Å². The van der Waals surface area contributed by atoms with E-state index in [1.807, 2.05) is 47.8 Å². The van der Waals surface area contributed by atoms with Crippen LogP contribution in [-0.4, -0.2) is 28.2 Å². The van der Waals surface area contributed by atoms with E-state index in [2.05, 4.69) is 16.9 Å². The Labute approximate surface area is 154 Å². The van der Waals surface area contributed by atoms with E-state index in [1.54, 1.807) is 12.1 Å². The summed E-state index contributed by atoms with van der Waals surface area (Å²) in [6.45, 7) is 3.85. The molecule has 0 saturated heterocycles. The van der Waals surface area contributed by atoms with Gasteiger partial charge in [0.15, 0.2) is 5.13 Å². The maximum atomic E-state index is 12.5. The zero-order valence-electron chi connectivity index (χ0n) is 13.8. The van der Waals surface area contributed by atoms with Gasteiger partial charge in [-0.15, -0.1) is 11.3 Å². The molecule has 6 heteroatoms. The SMILES string of the molecule is C=C1c2ccccc2C(=O)N1CC(=O)Nc1nc(-c2ccccc2)cs1. The Morgan fingerprint density at radius 3 is 2.50 bits per heavy atom. The third-order valence-corrected chi connectivity index (χ3v) is 4.92. The van der Waals surface area contributed by atoms with Crippen molar-refractivity contribution >= 4 is 34.0 Å². The van der Waals surface area contributed by atoms with E-state index < -0.39 is 0 Å². The Kier molecular flexibility index (Phi) is 4.10. The first-order chi connectivity index (χ1) is 12.6. The normalized spacial score (nSPS) is 13.0. The van der Waals surface area contributed by atoms with Gasteiger partial charge in [0, 0.05) is 27.8 Å². The van der Waals surface area contributed by atoms with E-state index in [-0.39, 0.29) is 18.4 Å². The molecule has 2 heterocycles. The number of aromatic nitrogens is 1. The molecule has 4 rings (SSSR count). The van der Waals surface area contributed by atoms with E-state index in [1.165, 1.54) is 16.2 Å². The number of rotatable bonds is 4. The van der Waals surface area contributed by atoms with Crippen molar-refractivity contribution in [2.45, 2.75) is 0 Å². The third-order valence-electron chi connectivity index (χ3n) is 4.16. The van der Waals surface area contributed by atoms with E-state index in [0.717, 1.165) is 16.8 Å². The predicted octanol–water partition coefficient (Wildman–Crippen LogP) is 3.88. The zero-order valence-corrected chi connectivity index (χ0v) is 14.6. The van der Waals surface area contributed by atoms with Gasteiger partial charge in [0.25, 0.3) is 5.91 Å². The van der Waals surface area contributed by atoms with Gasteiger partial charge in [-0.1, -0.05) is 55.1 Å². The molecular weight excluding hydrogens is 346 g/mol. The topological polar surface area (TPSA) is 62.3 Å². The largest absolute Gasteiger partial charge is 0.300 e. The molecule has 0 atom stereocenters. The lowest BCUT2D eigenvalue weighted by molar-refractivity contribution is -0.116. The molecule has 0 saturated carbocycles. The average molecular weight is 361 g/mol. The van der Waals surface area contributed by atoms with E-state index in [9.17, 15) is 9.59 Å². The molecule has 0 aliphatic carbocycles. The molecule has 0 fully saturated rings. The highest BCUT2D eigenvalue weighted by molar-refractivity contribution is 7.14. The lowest BCUT2D eigenvalue weighted by Gasteiger charge is -2.16. The summed E-state index contributed by atoms with van der Waals surface area (Å²) >= 11 is 1.35. The van der Waals surface area contributed by atoms with Gasteiger partial charge in [0.1, 0.15) is 6.54 Å². The number of thiazole rings is 1. The predicted molar refractivity (Wildman–Crippen MR) is 103 cm³/mol. The van der Waals surface area contributed by atoms with Crippen LogP contribution in [0.2, 0.25) is 0 Å². The van der Waals surface area contributed by atoms with Gasteiger partial charge in [-0.3, -0.25) is 14.5 Å². The minimum atomic E-state index is -0.304. The van der Waals surface area contributed by atoms with Crippen molar-refractivity contribution in [1.29, 1.82) is 0 Å². The smallest absolute Gasteiger partial charge is 0.259 e. The zero-order chi connectivity index (χ0) is 18.1. The third kappa shape index (κ3) is 2.91. The van der Waals surface area contributed by atoms with Crippen LogP contribution in [0.15, 0.2) is 66.6 Å². The van der Waals surface area contributed by atoms with Crippen molar-refractivity contribution in [1.82, 2.24) is 9.88 Å². The molecule has 1 aromatic heterocycles. The minimum absolute atomic E-state index is 0.0907. The number of nitrogens with zero attached hydrogens (tertiary/aromatic N) is 2. The Morgan fingerprint density at radius 1 is 1.08 bits per heavy atom. The Morgan fingerprint density at radius 2 is 1.77 bits per heavy atom. The molecular formula is C20H15N3O2S. The van der Waals surface area contributed by atoms with Gasteiger partial charge in [0.2, 0.25) is 5.91 Å². The van der Waals surface area contributed by atoms with Gasteiger partial charge >= 0.3 is 0 Å². The number of nitrogens with one attached hydrogen (secondary N) is 1. The van der Waals surface area contributed by atoms with Crippen LogP contribution in [0, 0.1) is 0 Å². The van der Waals surface area contributed by atoms with Crippen molar-refractivity contribution in [3.63, 3.8) is 0 Å². The number of hydrogen-bond acceptors (Lipinski definition) is 4. The second-order valence-electron chi connectivity index (χ2n) is 5.84. The number of fused-ring (bicyclic) bond motifs is 1. The molecule has 0 unspecified atom stereocenters. The number of benzene rings is 2. The number of anilines is 1. The fraction of sp³-hybridized carbons (Fsp3) is 0.0500. The first-order valence-electron chi connectivity index (χ1n) is 8.04. The first kappa shape index (κ1) is 16.2. The molecule has 128 valence electrons. The number of carbonyl (C=O) groups is 2. The second-order valence-corrected chi connectivity index (χ2v) is 6.69. The van der Waals surface area contributed by atoms with Crippen LogP contribution in [0.1, 0.15) is 15.9 Å². The lowest BCUT2D eigenvalue weighted by atomic mass is 10.1. The average Bonchev–Trinajstić information content (AvgIpc) is 3.22. The summed E-state index contributed by atoms with van der Waals surface area (Å²) in [4.78, 5) is 30.7. The summed E-state index contributed by atoms with van der Waals surface area (Å²) in [7, 11) is 0. The van der Waals surface area contributed by atoms with Crippen molar-refractivity contribution < 1.29 is 9.59 Å². The summed E-state index contributed by atoms with van der Waals surface area (Å²) in [5.41, 5.74) is 3.68. The second kappa shape index (κ2) is 6.57. The van der Waals surface area contributed by atoms with E-state index in [0.29, 0.717) is 16.4 Å². The van der Waals surface area contributed by atoms with E-state index >= 15 is 0 Å². The first-order valence-corrected chi connectivity index (χ1v) is 8.92. The Hall–Kier alpha value is -3.25. The summed E-state index contributed by atoms with van der Waals surface area (Å²) in [6.07, 6.45) is 0. The molecule has 0 spiro atoms. The fourth-order valence-electron chi connectivity index (χ4n) is 2.88. The molecule has 1 aliphatic heterocycles. The van der Waals surface area contributed by atoms with Crippen molar-refractivity contribution in [2.24, 2.45) is 0 Å². The Bertz CT molecular complexity index is 976. The van der Waals surface area contributed by atoms with Gasteiger partial charge in [0.05, 0.1) is 5.69 Å². The maximum Gasteiger partial charge on any atom is 0.259 e. The molecule has 1 aliphatic rings. The monoisotopic (exact) mass is 361 g/mol. The molecule has 1 N–H and O–H groups in total. The van der Waals surface area contributed by atoms with Crippen LogP contribution in [0.25, 0.3) is 17.0 Å². The van der Waals surface area contributed by atoms with Gasteiger partial charge < -0.3 is 5.32 Å². The molecule has 26 heavy (non-hydrogen) atoms. The summed E-state index contributed by atoms with van der Waals surface area (Å²) in [5, 5.41) is 5.15. The highest BCUT2D eigenvalue weighted by atomic mass is 32.1. The van der Waals surface area contributed by atoms with Crippen molar-refractivity contribution in [2.75, 3.05) is 11.9 Å². The maximum absolute atomic E-state index is 12.5. The van der Waals surface area contributed by atoms with Gasteiger partial charge in [-0.2, -0.15) is 0 Å². The number of amides is 2. The van der Waals surface area contributed by atoms with Crippen molar-refractivity contribution in [3.05, 3.63) is 77.7 Å². The van der Waals surface area contributed by atoms with Crippen LogP contribution < -0.4 is 5.32 Å². The van der Waals surface area contributed by atoms with Gasteiger partial charge in [-0.05, 0) is 6.07 Å².